The van der Waals surface area contributed by atoms with Gasteiger partial charge in [0, 0.05) is 50.8 Å². The fraction of sp³-hybridized carbons (Fsp3) is 0.308. The average molecular weight is 460 g/mol. The van der Waals surface area contributed by atoms with E-state index in [1.807, 2.05) is 18.2 Å². The molecule has 0 spiro atoms. The second kappa shape index (κ2) is 9.30. The number of benzene rings is 2. The Morgan fingerprint density at radius 2 is 1.68 bits per heavy atom. The molecule has 2 saturated heterocycles. The van der Waals surface area contributed by atoms with Crippen LogP contribution in [0.2, 0.25) is 0 Å². The number of alkyl halides is 1. The maximum atomic E-state index is 15.9. The third-order valence-corrected chi connectivity index (χ3v) is 6.65. The Hall–Kier alpha value is -3.65. The van der Waals surface area contributed by atoms with Crippen molar-refractivity contribution in [2.24, 2.45) is 5.92 Å². The Labute approximate surface area is 197 Å². The van der Waals surface area contributed by atoms with Crippen molar-refractivity contribution in [2.45, 2.75) is 18.5 Å². The summed E-state index contributed by atoms with van der Waals surface area (Å²) in [6.45, 7) is 1.95. The lowest BCUT2D eigenvalue weighted by Gasteiger charge is -2.37. The van der Waals surface area contributed by atoms with Crippen LogP contribution in [0.25, 0.3) is 0 Å². The third-order valence-electron chi connectivity index (χ3n) is 6.65. The van der Waals surface area contributed by atoms with Gasteiger partial charge in [-0.25, -0.2) is 4.39 Å². The molecule has 5 rings (SSSR count). The minimum Gasteiger partial charge on any atom is -0.338 e. The van der Waals surface area contributed by atoms with Crippen LogP contribution < -0.4 is 10.2 Å². The zero-order chi connectivity index (χ0) is 23.5. The van der Waals surface area contributed by atoms with Crippen molar-refractivity contribution < 1.29 is 14.0 Å². The zero-order valence-electron chi connectivity index (χ0n) is 18.7. The van der Waals surface area contributed by atoms with Crippen molar-refractivity contribution in [1.29, 1.82) is 0 Å². The molecule has 2 fully saturated rings. The van der Waals surface area contributed by atoms with E-state index in [1.54, 1.807) is 64.5 Å². The summed E-state index contributed by atoms with van der Waals surface area (Å²) < 4.78 is 15.9. The highest BCUT2D eigenvalue weighted by Gasteiger charge is 2.38. The maximum absolute atomic E-state index is 15.9. The summed E-state index contributed by atoms with van der Waals surface area (Å²) in [7, 11) is 0. The van der Waals surface area contributed by atoms with Gasteiger partial charge in [-0.05, 0) is 42.0 Å². The zero-order valence-corrected chi connectivity index (χ0v) is 18.7. The molecule has 2 aliphatic rings. The van der Waals surface area contributed by atoms with E-state index in [2.05, 4.69) is 15.5 Å². The molecule has 1 N–H and O–H groups in total. The number of carbonyl (C=O) groups is 2. The van der Waals surface area contributed by atoms with Gasteiger partial charge in [0.2, 0.25) is 5.91 Å². The quantitative estimate of drug-likeness (QED) is 0.632. The molecule has 2 aliphatic heterocycles. The van der Waals surface area contributed by atoms with Gasteiger partial charge in [0.1, 0.15) is 5.67 Å². The number of piperidine rings is 1. The molecule has 0 aliphatic carbocycles. The Bertz CT molecular complexity index is 1140. The van der Waals surface area contributed by atoms with E-state index in [0.717, 1.165) is 0 Å². The fourth-order valence-corrected chi connectivity index (χ4v) is 4.46. The lowest BCUT2D eigenvalue weighted by Crippen LogP contribution is -2.51. The first-order chi connectivity index (χ1) is 16.5. The number of aromatic nitrogens is 2. The van der Waals surface area contributed by atoms with Crippen molar-refractivity contribution in [3.05, 3.63) is 84.1 Å². The molecule has 1 aromatic heterocycles. The largest absolute Gasteiger partial charge is 0.338 e. The monoisotopic (exact) mass is 459 g/mol. The van der Waals surface area contributed by atoms with Gasteiger partial charge in [-0.1, -0.05) is 30.3 Å². The molecular weight excluding hydrogens is 433 g/mol. The molecule has 7 nitrogen and oxygen atoms in total. The fourth-order valence-electron chi connectivity index (χ4n) is 4.46. The summed E-state index contributed by atoms with van der Waals surface area (Å²) in [6.07, 6.45) is 2.01. The molecule has 174 valence electrons. The third kappa shape index (κ3) is 4.28. The first-order valence-electron chi connectivity index (χ1n) is 11.5. The summed E-state index contributed by atoms with van der Waals surface area (Å²) >= 11 is 0. The second-order valence-electron chi connectivity index (χ2n) is 8.78. The molecule has 3 heterocycles. The average Bonchev–Trinajstić information content (AvgIpc) is 2.85. The Balaban J connectivity index is 1.32. The van der Waals surface area contributed by atoms with Gasteiger partial charge in [-0.3, -0.25) is 14.5 Å². The summed E-state index contributed by atoms with van der Waals surface area (Å²) in [6, 6.07) is 19.5. The minimum absolute atomic E-state index is 0.0605. The van der Waals surface area contributed by atoms with Gasteiger partial charge in [-0.2, -0.15) is 5.10 Å². The molecule has 3 aromatic rings. The van der Waals surface area contributed by atoms with Crippen LogP contribution in [0.5, 0.6) is 0 Å². The molecule has 0 saturated carbocycles. The van der Waals surface area contributed by atoms with E-state index in [9.17, 15) is 9.59 Å². The van der Waals surface area contributed by atoms with Crippen LogP contribution in [0.1, 0.15) is 28.8 Å². The highest BCUT2D eigenvalue weighted by molar-refractivity contribution is 6.01. The predicted molar refractivity (Wildman–Crippen MR) is 126 cm³/mol. The Kier molecular flexibility index (Phi) is 6.06. The molecule has 0 unspecified atom stereocenters. The minimum atomic E-state index is -1.52. The van der Waals surface area contributed by atoms with E-state index in [1.165, 1.54) is 0 Å². The molecule has 0 radical (unpaired) electrons. The summed E-state index contributed by atoms with van der Waals surface area (Å²) in [5.74, 6) is 0.187. The second-order valence-corrected chi connectivity index (χ2v) is 8.78. The Morgan fingerprint density at radius 1 is 0.971 bits per heavy atom. The molecule has 8 heteroatoms. The van der Waals surface area contributed by atoms with E-state index in [4.69, 9.17) is 0 Å². The number of amides is 2. The van der Waals surface area contributed by atoms with Crippen molar-refractivity contribution in [1.82, 2.24) is 20.4 Å². The number of hydrogen-bond acceptors (Lipinski definition) is 5. The number of nitrogens with zero attached hydrogens (tertiary/aromatic N) is 4. The number of carbonyl (C=O) groups excluding carboxylic acids is 2. The highest BCUT2D eigenvalue weighted by atomic mass is 19.1. The maximum Gasteiger partial charge on any atom is 0.253 e. The number of rotatable bonds is 5. The van der Waals surface area contributed by atoms with E-state index in [0.29, 0.717) is 48.8 Å². The molecular formula is C26H26FN5O2. The van der Waals surface area contributed by atoms with Crippen LogP contribution in [0.15, 0.2) is 72.9 Å². The first-order valence-corrected chi connectivity index (χ1v) is 11.5. The summed E-state index contributed by atoms with van der Waals surface area (Å²) in [5.41, 5.74) is 0.278. The number of halogens is 1. The molecule has 2 aromatic carbocycles. The van der Waals surface area contributed by atoms with E-state index < -0.39 is 5.67 Å². The van der Waals surface area contributed by atoms with Crippen LogP contribution in [0, 0.1) is 5.92 Å². The molecule has 0 bridgehead atoms. The van der Waals surface area contributed by atoms with Crippen molar-refractivity contribution in [2.75, 3.05) is 31.1 Å². The van der Waals surface area contributed by atoms with Gasteiger partial charge >= 0.3 is 0 Å². The SMILES string of the molecule is O=C(c1ccccc1)N1CCC(F)(c2ccc(N(C(=O)C3CNC3)c3cccnn3)cc2)CC1. The van der Waals surface area contributed by atoms with Gasteiger partial charge in [0.05, 0.1) is 11.6 Å². The van der Waals surface area contributed by atoms with Gasteiger partial charge in [0.25, 0.3) is 5.91 Å². The lowest BCUT2D eigenvalue weighted by molar-refractivity contribution is -0.123. The first kappa shape index (κ1) is 22.2. The number of nitrogens with one attached hydrogen (secondary N) is 1. The van der Waals surface area contributed by atoms with Gasteiger partial charge in [-0.15, -0.1) is 5.10 Å². The van der Waals surface area contributed by atoms with Crippen LogP contribution in [0.3, 0.4) is 0 Å². The lowest BCUT2D eigenvalue weighted by atomic mass is 9.86. The van der Waals surface area contributed by atoms with E-state index in [-0.39, 0.29) is 30.6 Å². The molecule has 0 atom stereocenters. The van der Waals surface area contributed by atoms with Crippen molar-refractivity contribution in [3.8, 4) is 0 Å². The molecule has 34 heavy (non-hydrogen) atoms. The summed E-state index contributed by atoms with van der Waals surface area (Å²) in [5, 5.41) is 11.1. The molecule has 2 amide bonds. The highest BCUT2D eigenvalue weighted by Crippen LogP contribution is 2.38. The number of likely N-dealkylation sites (tertiary alicyclic amines) is 1. The van der Waals surface area contributed by atoms with Crippen molar-refractivity contribution in [3.63, 3.8) is 0 Å². The van der Waals surface area contributed by atoms with Crippen LogP contribution in [0.4, 0.5) is 15.9 Å². The van der Waals surface area contributed by atoms with Crippen LogP contribution >= 0.6 is 0 Å². The predicted octanol–water partition coefficient (Wildman–Crippen LogP) is 3.46. The normalized spacial score (nSPS) is 17.6. The van der Waals surface area contributed by atoms with Gasteiger partial charge in [0.15, 0.2) is 5.82 Å². The Morgan fingerprint density at radius 3 is 2.26 bits per heavy atom. The topological polar surface area (TPSA) is 78.4 Å². The van der Waals surface area contributed by atoms with E-state index >= 15 is 4.39 Å². The van der Waals surface area contributed by atoms with Gasteiger partial charge < -0.3 is 10.2 Å². The standard InChI is InChI=1S/C26H26FN5O2/c27-26(12-15-31(16-13-26)24(33)19-5-2-1-3-6-19)21-8-10-22(11-9-21)32(23-7-4-14-29-30-23)25(34)20-17-28-18-20/h1-11,14,20,28H,12-13,15-18H2. The van der Waals surface area contributed by atoms with Crippen LogP contribution in [-0.2, 0) is 10.5 Å². The smallest absolute Gasteiger partial charge is 0.253 e. The van der Waals surface area contributed by atoms with Crippen molar-refractivity contribution >= 4 is 23.3 Å². The number of anilines is 2. The number of hydrogen-bond donors (Lipinski definition) is 1. The van der Waals surface area contributed by atoms with Crippen LogP contribution in [-0.4, -0.2) is 53.1 Å². The summed E-state index contributed by atoms with van der Waals surface area (Å²) in [4.78, 5) is 29.1.